The van der Waals surface area contributed by atoms with Crippen molar-refractivity contribution in [2.24, 2.45) is 0 Å². The van der Waals surface area contributed by atoms with Crippen LogP contribution in [0.3, 0.4) is 0 Å². The van der Waals surface area contributed by atoms with Crippen molar-refractivity contribution in [2.75, 3.05) is 18.5 Å². The van der Waals surface area contributed by atoms with Crippen LogP contribution >= 0.6 is 0 Å². The van der Waals surface area contributed by atoms with Gasteiger partial charge < -0.3 is 19.5 Å². The fourth-order valence-corrected chi connectivity index (χ4v) is 3.12. The van der Waals surface area contributed by atoms with E-state index in [1.54, 1.807) is 19.1 Å². The third-order valence-corrected chi connectivity index (χ3v) is 4.85. The number of ether oxygens (including phenoxy) is 3. The zero-order valence-corrected chi connectivity index (χ0v) is 18.3. The number of carbonyl (C=O) groups excluding carboxylic acids is 1. The zero-order chi connectivity index (χ0) is 22.1. The van der Waals surface area contributed by atoms with E-state index in [-0.39, 0.29) is 5.97 Å². The SMILES string of the molecule is CCOC(=O)c1ccc(NCc2ccc(OCc3ccccc3C)c(OCC)c2)cc1. The number of benzene rings is 3. The van der Waals surface area contributed by atoms with Crippen LogP contribution in [0.4, 0.5) is 5.69 Å². The summed E-state index contributed by atoms with van der Waals surface area (Å²) in [5.41, 5.74) is 4.89. The predicted molar refractivity (Wildman–Crippen MR) is 123 cm³/mol. The first kappa shape index (κ1) is 22.2. The first-order valence-electron chi connectivity index (χ1n) is 10.5. The summed E-state index contributed by atoms with van der Waals surface area (Å²) in [6.45, 7) is 7.88. The lowest BCUT2D eigenvalue weighted by molar-refractivity contribution is 0.0526. The Labute approximate surface area is 184 Å². The summed E-state index contributed by atoms with van der Waals surface area (Å²) in [4.78, 5) is 11.8. The number of hydrogen-bond donors (Lipinski definition) is 1. The van der Waals surface area contributed by atoms with Crippen molar-refractivity contribution in [1.29, 1.82) is 0 Å². The molecule has 162 valence electrons. The first-order chi connectivity index (χ1) is 15.1. The molecule has 0 aromatic heterocycles. The van der Waals surface area contributed by atoms with Crippen LogP contribution in [0.25, 0.3) is 0 Å². The van der Waals surface area contributed by atoms with Gasteiger partial charge in [-0.1, -0.05) is 30.3 Å². The van der Waals surface area contributed by atoms with Crippen LogP contribution in [0.15, 0.2) is 66.7 Å². The molecule has 0 amide bonds. The maximum absolute atomic E-state index is 11.8. The van der Waals surface area contributed by atoms with Crippen LogP contribution in [-0.2, 0) is 17.9 Å². The van der Waals surface area contributed by atoms with Gasteiger partial charge in [0.15, 0.2) is 11.5 Å². The Balaban J connectivity index is 1.63. The van der Waals surface area contributed by atoms with Gasteiger partial charge in [0.05, 0.1) is 18.8 Å². The molecule has 0 bridgehead atoms. The second-order valence-electron chi connectivity index (χ2n) is 7.08. The molecule has 0 saturated heterocycles. The van der Waals surface area contributed by atoms with E-state index in [1.165, 1.54) is 5.56 Å². The number of carbonyl (C=O) groups is 1. The predicted octanol–water partition coefficient (Wildman–Crippen LogP) is 5.76. The number of aryl methyl sites for hydroxylation is 1. The maximum atomic E-state index is 11.8. The molecule has 1 N–H and O–H groups in total. The minimum atomic E-state index is -0.309. The van der Waals surface area contributed by atoms with Crippen LogP contribution in [-0.4, -0.2) is 19.2 Å². The molecule has 0 fully saturated rings. The van der Waals surface area contributed by atoms with Crippen molar-refractivity contribution in [1.82, 2.24) is 0 Å². The van der Waals surface area contributed by atoms with Crippen molar-refractivity contribution in [3.8, 4) is 11.5 Å². The largest absolute Gasteiger partial charge is 0.490 e. The summed E-state index contributed by atoms with van der Waals surface area (Å²) in [7, 11) is 0. The third-order valence-electron chi connectivity index (χ3n) is 4.85. The molecular weight excluding hydrogens is 390 g/mol. The topological polar surface area (TPSA) is 56.8 Å². The second-order valence-corrected chi connectivity index (χ2v) is 7.08. The number of rotatable bonds is 10. The zero-order valence-electron chi connectivity index (χ0n) is 18.3. The number of nitrogens with one attached hydrogen (secondary N) is 1. The van der Waals surface area contributed by atoms with E-state index < -0.39 is 0 Å². The highest BCUT2D eigenvalue weighted by molar-refractivity contribution is 5.89. The molecule has 0 radical (unpaired) electrons. The van der Waals surface area contributed by atoms with Gasteiger partial charge in [0, 0.05) is 12.2 Å². The summed E-state index contributed by atoms with van der Waals surface area (Å²) in [6.07, 6.45) is 0. The summed E-state index contributed by atoms with van der Waals surface area (Å²) in [5.74, 6) is 1.15. The van der Waals surface area contributed by atoms with E-state index in [0.29, 0.717) is 31.9 Å². The number of anilines is 1. The van der Waals surface area contributed by atoms with E-state index in [9.17, 15) is 4.79 Å². The third kappa shape index (κ3) is 6.25. The van der Waals surface area contributed by atoms with E-state index in [2.05, 4.69) is 24.4 Å². The van der Waals surface area contributed by atoms with Crippen LogP contribution in [0.1, 0.15) is 40.9 Å². The molecule has 0 aliphatic rings. The first-order valence-corrected chi connectivity index (χ1v) is 10.5. The minimum Gasteiger partial charge on any atom is -0.490 e. The van der Waals surface area contributed by atoms with Gasteiger partial charge in [-0.25, -0.2) is 4.79 Å². The Morgan fingerprint density at radius 1 is 0.871 bits per heavy atom. The Morgan fingerprint density at radius 2 is 1.65 bits per heavy atom. The lowest BCUT2D eigenvalue weighted by Crippen LogP contribution is -2.05. The summed E-state index contributed by atoms with van der Waals surface area (Å²) < 4.78 is 16.9. The second kappa shape index (κ2) is 11.1. The van der Waals surface area contributed by atoms with Gasteiger partial charge in [0.2, 0.25) is 0 Å². The van der Waals surface area contributed by atoms with Gasteiger partial charge in [-0.3, -0.25) is 0 Å². The average molecular weight is 420 g/mol. The molecule has 0 unspecified atom stereocenters. The van der Waals surface area contributed by atoms with Gasteiger partial charge in [-0.05, 0) is 73.9 Å². The molecule has 3 aromatic rings. The highest BCUT2D eigenvalue weighted by Crippen LogP contribution is 2.30. The average Bonchev–Trinajstić information content (AvgIpc) is 2.79. The van der Waals surface area contributed by atoms with Crippen molar-refractivity contribution in [3.05, 3.63) is 89.0 Å². The molecule has 3 aromatic carbocycles. The molecule has 31 heavy (non-hydrogen) atoms. The molecule has 5 nitrogen and oxygen atoms in total. The Hall–Kier alpha value is -3.47. The molecule has 0 atom stereocenters. The normalized spacial score (nSPS) is 10.4. The Bertz CT molecular complexity index is 999. The van der Waals surface area contributed by atoms with Gasteiger partial charge in [-0.2, -0.15) is 0 Å². The maximum Gasteiger partial charge on any atom is 0.338 e. The molecule has 3 rings (SSSR count). The van der Waals surface area contributed by atoms with Crippen molar-refractivity contribution in [2.45, 2.75) is 33.9 Å². The fraction of sp³-hybridized carbons (Fsp3) is 0.269. The Kier molecular flexibility index (Phi) is 7.93. The molecule has 0 saturated carbocycles. The molecule has 0 heterocycles. The molecule has 0 spiro atoms. The molecular formula is C26H29NO4. The highest BCUT2D eigenvalue weighted by atomic mass is 16.5. The van der Waals surface area contributed by atoms with Crippen molar-refractivity contribution >= 4 is 11.7 Å². The lowest BCUT2D eigenvalue weighted by Gasteiger charge is -2.15. The monoisotopic (exact) mass is 419 g/mol. The lowest BCUT2D eigenvalue weighted by atomic mass is 10.1. The van der Waals surface area contributed by atoms with Gasteiger partial charge >= 0.3 is 5.97 Å². The minimum absolute atomic E-state index is 0.309. The fourth-order valence-electron chi connectivity index (χ4n) is 3.12. The number of hydrogen-bond acceptors (Lipinski definition) is 5. The van der Waals surface area contributed by atoms with Gasteiger partial charge in [0.25, 0.3) is 0 Å². The van der Waals surface area contributed by atoms with Crippen LogP contribution < -0.4 is 14.8 Å². The molecule has 0 aliphatic heterocycles. The summed E-state index contributed by atoms with van der Waals surface area (Å²) in [5, 5.41) is 3.36. The van der Waals surface area contributed by atoms with Crippen LogP contribution in [0, 0.1) is 6.92 Å². The van der Waals surface area contributed by atoms with Crippen LogP contribution in [0.5, 0.6) is 11.5 Å². The Morgan fingerprint density at radius 3 is 2.35 bits per heavy atom. The van der Waals surface area contributed by atoms with E-state index in [0.717, 1.165) is 28.3 Å². The molecule has 0 aliphatic carbocycles. The van der Waals surface area contributed by atoms with Gasteiger partial charge in [-0.15, -0.1) is 0 Å². The quantitative estimate of drug-likeness (QED) is 0.423. The van der Waals surface area contributed by atoms with Crippen molar-refractivity contribution < 1.29 is 19.0 Å². The molecule has 5 heteroatoms. The van der Waals surface area contributed by atoms with Crippen molar-refractivity contribution in [3.63, 3.8) is 0 Å². The highest BCUT2D eigenvalue weighted by Gasteiger charge is 2.09. The van der Waals surface area contributed by atoms with Crippen LogP contribution in [0.2, 0.25) is 0 Å². The summed E-state index contributed by atoms with van der Waals surface area (Å²) >= 11 is 0. The summed E-state index contributed by atoms with van der Waals surface area (Å²) in [6, 6.07) is 21.4. The standard InChI is InChI=1S/C26H29NO4/c1-4-29-25-16-20(10-15-24(25)31-18-22-9-7-6-8-19(22)3)17-27-23-13-11-21(12-14-23)26(28)30-5-2/h6-16,27H,4-5,17-18H2,1-3H3. The van der Waals surface area contributed by atoms with E-state index >= 15 is 0 Å². The van der Waals surface area contributed by atoms with Gasteiger partial charge in [0.1, 0.15) is 6.61 Å². The number of esters is 1. The van der Waals surface area contributed by atoms with E-state index in [1.807, 2.05) is 49.4 Å². The van der Waals surface area contributed by atoms with E-state index in [4.69, 9.17) is 14.2 Å². The smallest absolute Gasteiger partial charge is 0.338 e.